The summed E-state index contributed by atoms with van der Waals surface area (Å²) in [6.45, 7) is 7.45. The minimum atomic E-state index is -0.515. The molecule has 4 heteroatoms. The number of carbonyl (C=O) groups excluding carboxylic acids is 1. The molecule has 0 bridgehead atoms. The normalized spacial score (nSPS) is 11.4. The number of carbonyl (C=O) groups is 1. The van der Waals surface area contributed by atoms with E-state index in [-0.39, 0.29) is 18.1 Å². The summed E-state index contributed by atoms with van der Waals surface area (Å²) in [5.74, 6) is -0.282. The Morgan fingerprint density at radius 1 is 1.33 bits per heavy atom. The number of nitrogens with one attached hydrogen (secondary N) is 1. The Morgan fingerprint density at radius 2 is 1.83 bits per heavy atom. The van der Waals surface area contributed by atoms with E-state index in [0.717, 1.165) is 5.56 Å². The first-order chi connectivity index (χ1) is 8.19. The maximum absolute atomic E-state index is 13.4. The topological polar surface area (TPSA) is 55.1 Å². The lowest BCUT2D eigenvalue weighted by Crippen LogP contribution is -2.38. The maximum atomic E-state index is 13.4. The predicted molar refractivity (Wildman–Crippen MR) is 70.6 cm³/mol. The number of benzene rings is 1. The van der Waals surface area contributed by atoms with Crippen LogP contribution in [0, 0.1) is 19.7 Å². The molecule has 100 valence electrons. The van der Waals surface area contributed by atoms with Crippen LogP contribution >= 0.6 is 0 Å². The summed E-state index contributed by atoms with van der Waals surface area (Å²) in [4.78, 5) is 11.6. The van der Waals surface area contributed by atoms with Crippen molar-refractivity contribution in [1.82, 2.24) is 5.32 Å². The average molecular weight is 252 g/mol. The number of rotatable bonds is 4. The van der Waals surface area contributed by atoms with Gasteiger partial charge in [0.2, 0.25) is 5.91 Å². The molecule has 0 fully saturated rings. The van der Waals surface area contributed by atoms with Gasteiger partial charge in [-0.2, -0.15) is 0 Å². The molecule has 0 aliphatic heterocycles. The second-order valence-corrected chi connectivity index (χ2v) is 5.49. The van der Waals surface area contributed by atoms with Crippen LogP contribution in [0.1, 0.15) is 37.0 Å². The standard InChI is InChI=1S/C14H21FN2O/c1-9-5-11(6-10(2)13(9)15)8-17-12(18)7-14(3,4)16/h5-6H,7-8,16H2,1-4H3,(H,17,18). The molecule has 1 rings (SSSR count). The highest BCUT2D eigenvalue weighted by atomic mass is 19.1. The van der Waals surface area contributed by atoms with Gasteiger partial charge in [-0.25, -0.2) is 4.39 Å². The summed E-state index contributed by atoms with van der Waals surface area (Å²) < 4.78 is 13.4. The fraction of sp³-hybridized carbons (Fsp3) is 0.500. The number of hydrogen-bond acceptors (Lipinski definition) is 2. The van der Waals surface area contributed by atoms with E-state index in [1.54, 1.807) is 39.8 Å². The van der Waals surface area contributed by atoms with E-state index in [0.29, 0.717) is 17.7 Å². The Kier molecular flexibility index (Phi) is 4.46. The molecule has 0 radical (unpaired) electrons. The molecule has 0 saturated heterocycles. The predicted octanol–water partition coefficient (Wildman–Crippen LogP) is 2.19. The summed E-state index contributed by atoms with van der Waals surface area (Å²) in [6, 6.07) is 3.49. The van der Waals surface area contributed by atoms with Gasteiger partial charge in [0.1, 0.15) is 5.82 Å². The third-order valence-electron chi connectivity index (χ3n) is 2.60. The highest BCUT2D eigenvalue weighted by molar-refractivity contribution is 5.77. The van der Waals surface area contributed by atoms with Gasteiger partial charge in [-0.15, -0.1) is 0 Å². The Labute approximate surface area is 108 Å². The monoisotopic (exact) mass is 252 g/mol. The molecule has 0 aromatic heterocycles. The van der Waals surface area contributed by atoms with Crippen molar-refractivity contribution in [2.24, 2.45) is 5.73 Å². The van der Waals surface area contributed by atoms with E-state index in [4.69, 9.17) is 5.73 Å². The number of aryl methyl sites for hydroxylation is 2. The van der Waals surface area contributed by atoms with Gasteiger partial charge in [-0.05, 0) is 44.4 Å². The molecule has 0 spiro atoms. The lowest BCUT2D eigenvalue weighted by molar-refractivity contribution is -0.122. The van der Waals surface area contributed by atoms with Crippen molar-refractivity contribution in [1.29, 1.82) is 0 Å². The lowest BCUT2D eigenvalue weighted by Gasteiger charge is -2.17. The Bertz CT molecular complexity index is 427. The average Bonchev–Trinajstić information content (AvgIpc) is 2.20. The Balaban J connectivity index is 2.62. The maximum Gasteiger partial charge on any atom is 0.222 e. The number of halogens is 1. The molecule has 1 aromatic carbocycles. The van der Waals surface area contributed by atoms with Gasteiger partial charge in [-0.3, -0.25) is 4.79 Å². The van der Waals surface area contributed by atoms with Crippen molar-refractivity contribution >= 4 is 5.91 Å². The molecule has 18 heavy (non-hydrogen) atoms. The fourth-order valence-electron chi connectivity index (χ4n) is 1.81. The lowest BCUT2D eigenvalue weighted by atomic mass is 10.0. The zero-order valence-corrected chi connectivity index (χ0v) is 11.4. The summed E-state index contributed by atoms with van der Waals surface area (Å²) in [6.07, 6.45) is 0.270. The summed E-state index contributed by atoms with van der Waals surface area (Å²) in [7, 11) is 0. The van der Waals surface area contributed by atoms with Crippen molar-refractivity contribution < 1.29 is 9.18 Å². The van der Waals surface area contributed by atoms with Crippen LogP contribution in [0.25, 0.3) is 0 Å². The second-order valence-electron chi connectivity index (χ2n) is 5.49. The van der Waals surface area contributed by atoms with E-state index in [2.05, 4.69) is 5.32 Å². The number of nitrogens with two attached hydrogens (primary N) is 1. The molecule has 0 aliphatic rings. The minimum absolute atomic E-state index is 0.0952. The summed E-state index contributed by atoms with van der Waals surface area (Å²) in [5, 5.41) is 2.79. The van der Waals surface area contributed by atoms with Crippen LogP contribution in [-0.2, 0) is 11.3 Å². The van der Waals surface area contributed by atoms with Crippen LogP contribution in [0.5, 0.6) is 0 Å². The van der Waals surface area contributed by atoms with Crippen LogP contribution in [0.3, 0.4) is 0 Å². The van der Waals surface area contributed by atoms with Crippen LogP contribution in [0.4, 0.5) is 4.39 Å². The van der Waals surface area contributed by atoms with Gasteiger partial charge < -0.3 is 11.1 Å². The van der Waals surface area contributed by atoms with Crippen molar-refractivity contribution in [2.75, 3.05) is 0 Å². The fourth-order valence-corrected chi connectivity index (χ4v) is 1.81. The molecule has 1 amide bonds. The van der Waals surface area contributed by atoms with E-state index in [9.17, 15) is 9.18 Å². The van der Waals surface area contributed by atoms with Crippen molar-refractivity contribution in [2.45, 2.75) is 46.2 Å². The highest BCUT2D eigenvalue weighted by Gasteiger charge is 2.16. The van der Waals surface area contributed by atoms with E-state index in [1.807, 2.05) is 0 Å². The van der Waals surface area contributed by atoms with Crippen LogP contribution < -0.4 is 11.1 Å². The largest absolute Gasteiger partial charge is 0.352 e. The zero-order chi connectivity index (χ0) is 13.9. The van der Waals surface area contributed by atoms with E-state index in [1.165, 1.54) is 0 Å². The quantitative estimate of drug-likeness (QED) is 0.863. The molecular formula is C14H21FN2O. The minimum Gasteiger partial charge on any atom is -0.352 e. The van der Waals surface area contributed by atoms with Crippen LogP contribution in [-0.4, -0.2) is 11.4 Å². The molecule has 0 aliphatic carbocycles. The van der Waals surface area contributed by atoms with Crippen LogP contribution in [0.15, 0.2) is 12.1 Å². The molecule has 0 saturated carbocycles. The first kappa shape index (κ1) is 14.6. The molecule has 3 nitrogen and oxygen atoms in total. The first-order valence-electron chi connectivity index (χ1n) is 6.00. The molecular weight excluding hydrogens is 231 g/mol. The molecule has 1 aromatic rings. The van der Waals surface area contributed by atoms with Gasteiger partial charge in [0.15, 0.2) is 0 Å². The number of amides is 1. The smallest absolute Gasteiger partial charge is 0.222 e. The van der Waals surface area contributed by atoms with Crippen molar-refractivity contribution in [3.63, 3.8) is 0 Å². The Hall–Kier alpha value is -1.42. The molecule has 0 heterocycles. The SMILES string of the molecule is Cc1cc(CNC(=O)CC(C)(C)N)cc(C)c1F. The number of hydrogen-bond donors (Lipinski definition) is 2. The van der Waals surface area contributed by atoms with E-state index < -0.39 is 5.54 Å². The van der Waals surface area contributed by atoms with Crippen LogP contribution in [0.2, 0.25) is 0 Å². The third-order valence-corrected chi connectivity index (χ3v) is 2.60. The molecule has 0 atom stereocenters. The second kappa shape index (κ2) is 5.48. The van der Waals surface area contributed by atoms with Gasteiger partial charge in [0.25, 0.3) is 0 Å². The van der Waals surface area contributed by atoms with E-state index >= 15 is 0 Å². The third kappa shape index (κ3) is 4.45. The van der Waals surface area contributed by atoms with Crippen molar-refractivity contribution in [3.05, 3.63) is 34.6 Å². The van der Waals surface area contributed by atoms with Gasteiger partial charge in [0, 0.05) is 18.5 Å². The zero-order valence-electron chi connectivity index (χ0n) is 11.4. The van der Waals surface area contributed by atoms with Gasteiger partial charge in [0.05, 0.1) is 0 Å². The summed E-state index contributed by atoms with van der Waals surface area (Å²) in [5.41, 5.74) is 7.34. The van der Waals surface area contributed by atoms with Crippen molar-refractivity contribution in [3.8, 4) is 0 Å². The molecule has 3 N–H and O–H groups in total. The van der Waals surface area contributed by atoms with Gasteiger partial charge in [-0.1, -0.05) is 12.1 Å². The summed E-state index contributed by atoms with van der Waals surface area (Å²) >= 11 is 0. The highest BCUT2D eigenvalue weighted by Crippen LogP contribution is 2.14. The first-order valence-corrected chi connectivity index (χ1v) is 6.00. The van der Waals surface area contributed by atoms with Gasteiger partial charge >= 0.3 is 0 Å². The molecule has 0 unspecified atom stereocenters. The Morgan fingerprint density at radius 3 is 2.28 bits per heavy atom.